The molecule has 0 fully saturated rings. The van der Waals surface area contributed by atoms with Crippen molar-refractivity contribution in [1.82, 2.24) is 4.98 Å². The summed E-state index contributed by atoms with van der Waals surface area (Å²) >= 11 is 7.17. The van der Waals surface area contributed by atoms with Crippen molar-refractivity contribution in [2.45, 2.75) is 0 Å². The van der Waals surface area contributed by atoms with Gasteiger partial charge in [-0.05, 0) is 28.7 Å². The molecule has 1 heterocycles. The van der Waals surface area contributed by atoms with Gasteiger partial charge in [-0.2, -0.15) is 0 Å². The molecule has 48 valence electrons. The fraction of sp³-hybridized carbons (Fsp3) is 0. The van der Waals surface area contributed by atoms with Crippen LogP contribution in [0.4, 0.5) is 4.39 Å². The first kappa shape index (κ1) is 7.21. The summed E-state index contributed by atoms with van der Waals surface area (Å²) in [4.78, 5) is 3.67. The third-order valence-electron chi connectivity index (χ3n) is 0.800. The minimum absolute atomic E-state index is 0.120. The average Bonchev–Trinajstić information content (AvgIpc) is 1.83. The van der Waals surface area contributed by atoms with Gasteiger partial charge in [0.15, 0.2) is 5.82 Å². The molecule has 0 aliphatic heterocycles. The number of pyridine rings is 1. The molecule has 0 radical (unpaired) electrons. The molecule has 0 aliphatic rings. The quantitative estimate of drug-likeness (QED) is 0.514. The van der Waals surface area contributed by atoms with Gasteiger partial charge >= 0.3 is 0 Å². The highest BCUT2D eigenvalue weighted by Gasteiger charge is 2.02. The van der Waals surface area contributed by atoms with E-state index >= 15 is 0 Å². The van der Waals surface area contributed by atoms with Gasteiger partial charge in [-0.3, -0.25) is 0 Å². The molecule has 0 aliphatic carbocycles. The van der Waals surface area contributed by atoms with Crippen molar-refractivity contribution in [3.63, 3.8) is 0 Å². The van der Waals surface area contributed by atoms with Gasteiger partial charge in [-0.15, -0.1) is 0 Å². The molecule has 4 heteroatoms. The summed E-state index contributed by atoms with van der Waals surface area (Å²) < 4.78 is 12.8. The number of hydrogen-bond acceptors (Lipinski definition) is 1. The third-order valence-corrected chi connectivity index (χ3v) is 1.84. The summed E-state index contributed by atoms with van der Waals surface area (Å²) in [6.07, 6.45) is 1.47. The van der Waals surface area contributed by atoms with Crippen LogP contribution in [0.25, 0.3) is 0 Å². The lowest BCUT2D eigenvalue weighted by Gasteiger charge is -1.92. The van der Waals surface area contributed by atoms with Crippen LogP contribution in [-0.4, -0.2) is 4.98 Å². The van der Waals surface area contributed by atoms with E-state index in [9.17, 15) is 4.39 Å². The van der Waals surface area contributed by atoms with E-state index in [4.69, 9.17) is 11.6 Å². The molecule has 9 heavy (non-hydrogen) atoms. The lowest BCUT2D eigenvalue weighted by Crippen LogP contribution is -1.85. The normalized spacial score (nSPS) is 9.67. The van der Waals surface area contributed by atoms with Crippen molar-refractivity contribution in [2.75, 3.05) is 0 Å². The minimum Gasteiger partial charge on any atom is -0.247 e. The van der Waals surface area contributed by atoms with E-state index in [1.54, 1.807) is 22.6 Å². The smallest absolute Gasteiger partial charge is 0.173 e. The fourth-order valence-electron chi connectivity index (χ4n) is 0.397. The monoisotopic (exact) mass is 257 g/mol. The van der Waals surface area contributed by atoms with E-state index in [-0.39, 0.29) is 5.02 Å². The van der Waals surface area contributed by atoms with Crippen molar-refractivity contribution in [2.24, 2.45) is 0 Å². The van der Waals surface area contributed by atoms with Gasteiger partial charge < -0.3 is 0 Å². The Labute approximate surface area is 70.4 Å². The first-order chi connectivity index (χ1) is 4.22. The SMILES string of the molecule is Fc1c(Cl)ccnc1I. The summed E-state index contributed by atoms with van der Waals surface area (Å²) in [5.41, 5.74) is 0. The first-order valence-corrected chi connectivity index (χ1v) is 3.63. The van der Waals surface area contributed by atoms with Crippen LogP contribution < -0.4 is 0 Å². The van der Waals surface area contributed by atoms with Crippen LogP contribution in [0.3, 0.4) is 0 Å². The summed E-state index contributed by atoms with van der Waals surface area (Å²) in [7, 11) is 0. The molecule has 1 aromatic rings. The van der Waals surface area contributed by atoms with E-state index in [0.29, 0.717) is 3.70 Å². The maximum absolute atomic E-state index is 12.5. The summed E-state index contributed by atoms with van der Waals surface area (Å²) in [5, 5.41) is 0.120. The number of nitrogens with zero attached hydrogens (tertiary/aromatic N) is 1. The fourth-order valence-corrected chi connectivity index (χ4v) is 1.15. The average molecular weight is 257 g/mol. The van der Waals surface area contributed by atoms with Gasteiger partial charge in [-0.1, -0.05) is 11.6 Å². The van der Waals surface area contributed by atoms with E-state index < -0.39 is 5.82 Å². The summed E-state index contributed by atoms with van der Waals surface area (Å²) in [6, 6.07) is 1.42. The number of aromatic nitrogens is 1. The zero-order valence-electron chi connectivity index (χ0n) is 4.24. The van der Waals surface area contributed by atoms with Crippen LogP contribution in [0, 0.1) is 9.52 Å². The Hall–Kier alpha value is 0.100. The molecule has 0 spiro atoms. The van der Waals surface area contributed by atoms with E-state index in [1.165, 1.54) is 12.3 Å². The Bertz CT molecular complexity index is 208. The largest absolute Gasteiger partial charge is 0.247 e. The predicted molar refractivity (Wildman–Crippen MR) is 41.9 cm³/mol. The second-order valence-corrected chi connectivity index (χ2v) is 2.83. The molecule has 0 N–H and O–H groups in total. The highest BCUT2D eigenvalue weighted by molar-refractivity contribution is 14.1. The van der Waals surface area contributed by atoms with Crippen LogP contribution in [0.15, 0.2) is 12.3 Å². The Kier molecular flexibility index (Phi) is 2.23. The van der Waals surface area contributed by atoms with Crippen LogP contribution in [0.2, 0.25) is 5.02 Å². The van der Waals surface area contributed by atoms with Crippen molar-refractivity contribution in [1.29, 1.82) is 0 Å². The molecule has 0 saturated carbocycles. The molecular weight excluding hydrogens is 255 g/mol. The molecule has 0 saturated heterocycles. The predicted octanol–water partition coefficient (Wildman–Crippen LogP) is 2.48. The highest BCUT2D eigenvalue weighted by Crippen LogP contribution is 2.16. The topological polar surface area (TPSA) is 12.9 Å². The Morgan fingerprint density at radius 3 is 2.78 bits per heavy atom. The summed E-state index contributed by atoms with van der Waals surface area (Å²) in [6.45, 7) is 0. The standard InChI is InChI=1S/C5H2ClFIN/c6-3-1-2-9-5(8)4(3)7/h1-2H. The van der Waals surface area contributed by atoms with Gasteiger partial charge in [0.05, 0.1) is 5.02 Å². The number of hydrogen-bond donors (Lipinski definition) is 0. The molecule has 1 aromatic heterocycles. The van der Waals surface area contributed by atoms with Gasteiger partial charge in [0, 0.05) is 6.20 Å². The third kappa shape index (κ3) is 1.52. The zero-order valence-corrected chi connectivity index (χ0v) is 7.15. The molecule has 0 unspecified atom stereocenters. The molecule has 1 nitrogen and oxygen atoms in total. The second-order valence-electron chi connectivity index (χ2n) is 1.40. The minimum atomic E-state index is -0.445. The van der Waals surface area contributed by atoms with Crippen LogP contribution in [0.1, 0.15) is 0 Å². The molecule has 1 rings (SSSR count). The van der Waals surface area contributed by atoms with Gasteiger partial charge in [0.2, 0.25) is 0 Å². The Morgan fingerprint density at radius 1 is 1.67 bits per heavy atom. The van der Waals surface area contributed by atoms with E-state index in [2.05, 4.69) is 4.98 Å². The molecule has 0 aromatic carbocycles. The van der Waals surface area contributed by atoms with Crippen molar-refractivity contribution >= 4 is 34.2 Å². The highest BCUT2D eigenvalue weighted by atomic mass is 127. The zero-order chi connectivity index (χ0) is 6.85. The van der Waals surface area contributed by atoms with E-state index in [1.807, 2.05) is 0 Å². The molecule has 0 bridgehead atoms. The number of rotatable bonds is 0. The maximum Gasteiger partial charge on any atom is 0.173 e. The van der Waals surface area contributed by atoms with Crippen LogP contribution >= 0.6 is 34.2 Å². The van der Waals surface area contributed by atoms with Crippen molar-refractivity contribution < 1.29 is 4.39 Å². The lowest BCUT2D eigenvalue weighted by atomic mass is 10.5. The number of halogens is 3. The van der Waals surface area contributed by atoms with Crippen molar-refractivity contribution in [3.05, 3.63) is 26.8 Å². The summed E-state index contributed by atoms with van der Waals surface area (Å²) in [5.74, 6) is -0.445. The lowest BCUT2D eigenvalue weighted by molar-refractivity contribution is 0.612. The van der Waals surface area contributed by atoms with Crippen molar-refractivity contribution in [3.8, 4) is 0 Å². The first-order valence-electron chi connectivity index (χ1n) is 2.17. The molecule has 0 amide bonds. The van der Waals surface area contributed by atoms with Gasteiger partial charge in [0.1, 0.15) is 3.70 Å². The molecular formula is C5H2ClFIN. The molecule has 0 atom stereocenters. The van der Waals surface area contributed by atoms with Gasteiger partial charge in [0.25, 0.3) is 0 Å². The Balaban J connectivity index is 3.25. The van der Waals surface area contributed by atoms with E-state index in [0.717, 1.165) is 0 Å². The maximum atomic E-state index is 12.5. The van der Waals surface area contributed by atoms with Crippen LogP contribution in [-0.2, 0) is 0 Å². The van der Waals surface area contributed by atoms with Gasteiger partial charge in [-0.25, -0.2) is 9.37 Å². The Morgan fingerprint density at radius 2 is 2.33 bits per heavy atom. The van der Waals surface area contributed by atoms with Crippen LogP contribution in [0.5, 0.6) is 0 Å². The second kappa shape index (κ2) is 2.79.